The predicted octanol–water partition coefficient (Wildman–Crippen LogP) is 6.36. The van der Waals surface area contributed by atoms with Crippen LogP contribution in [-0.4, -0.2) is 32.9 Å². The van der Waals surface area contributed by atoms with Gasteiger partial charge in [-0.25, -0.2) is 0 Å². The minimum Gasteiger partial charge on any atom is -0.351 e. The molecule has 2 aromatic carbocycles. The van der Waals surface area contributed by atoms with Gasteiger partial charge in [-0.3, -0.25) is 9.59 Å². The quantitative estimate of drug-likeness (QED) is 0.459. The van der Waals surface area contributed by atoms with Crippen molar-refractivity contribution in [2.45, 2.75) is 83.0 Å². The third-order valence-electron chi connectivity index (χ3n) is 8.08. The fourth-order valence-electron chi connectivity index (χ4n) is 6.02. The second kappa shape index (κ2) is 10.3. The van der Waals surface area contributed by atoms with E-state index in [1.54, 1.807) is 0 Å². The first-order valence-electron chi connectivity index (χ1n) is 13.4. The van der Waals surface area contributed by atoms with E-state index in [0.717, 1.165) is 42.5 Å². The van der Waals surface area contributed by atoms with Crippen LogP contribution < -0.4 is 5.32 Å². The van der Waals surface area contributed by atoms with E-state index in [4.69, 9.17) is 0 Å². The first-order valence-corrected chi connectivity index (χ1v) is 13.4. The van der Waals surface area contributed by atoms with Gasteiger partial charge < -0.3 is 14.8 Å². The van der Waals surface area contributed by atoms with Crippen molar-refractivity contribution in [1.82, 2.24) is 14.8 Å². The van der Waals surface area contributed by atoms with Crippen LogP contribution in [0.3, 0.4) is 0 Å². The Bertz CT molecular complexity index is 1200. The van der Waals surface area contributed by atoms with Gasteiger partial charge in [0.05, 0.1) is 12.6 Å². The Balaban J connectivity index is 1.54. The van der Waals surface area contributed by atoms with Crippen molar-refractivity contribution in [3.63, 3.8) is 0 Å². The zero-order valence-electron chi connectivity index (χ0n) is 21.5. The Morgan fingerprint density at radius 2 is 1.44 bits per heavy atom. The summed E-state index contributed by atoms with van der Waals surface area (Å²) in [6.45, 7) is 4.40. The molecule has 1 aliphatic carbocycles. The normalized spacial score (nSPS) is 21.8. The fraction of sp³-hybridized carbons (Fsp3) is 0.419. The molecule has 0 radical (unpaired) electrons. The number of carbonyl (C=O) groups excluding carboxylic acids is 2. The Labute approximate surface area is 214 Å². The minimum absolute atomic E-state index is 0.0532. The number of nitrogens with zero attached hydrogens (tertiary/aromatic N) is 2. The van der Waals surface area contributed by atoms with Crippen LogP contribution in [0.1, 0.15) is 80.9 Å². The van der Waals surface area contributed by atoms with Gasteiger partial charge in [-0.2, -0.15) is 0 Å². The van der Waals surface area contributed by atoms with Crippen LogP contribution in [0.25, 0.3) is 11.3 Å². The van der Waals surface area contributed by atoms with Crippen molar-refractivity contribution in [3.05, 3.63) is 84.1 Å². The number of fused-ring (bicyclic) bond motifs is 1. The lowest BCUT2D eigenvalue weighted by Crippen LogP contribution is -2.65. The highest BCUT2D eigenvalue weighted by atomic mass is 16.2. The molecule has 0 spiro atoms. The maximum atomic E-state index is 14.1. The number of hydrogen-bond donors (Lipinski definition) is 1. The van der Waals surface area contributed by atoms with Crippen LogP contribution in [0.15, 0.2) is 72.8 Å². The third-order valence-corrected chi connectivity index (χ3v) is 8.08. The maximum absolute atomic E-state index is 14.1. The summed E-state index contributed by atoms with van der Waals surface area (Å²) in [6.07, 6.45) is 8.05. The summed E-state index contributed by atoms with van der Waals surface area (Å²) in [5, 5.41) is 3.39. The number of carbonyl (C=O) groups is 2. The topological polar surface area (TPSA) is 54.3 Å². The summed E-state index contributed by atoms with van der Waals surface area (Å²) in [7, 11) is 0. The Hall–Kier alpha value is -3.34. The Morgan fingerprint density at radius 1 is 0.861 bits per heavy atom. The van der Waals surface area contributed by atoms with Gasteiger partial charge in [0.15, 0.2) is 0 Å². The number of nitrogens with one attached hydrogen (secondary N) is 1. The molecule has 0 bridgehead atoms. The van der Waals surface area contributed by atoms with Gasteiger partial charge in [0.25, 0.3) is 5.91 Å². The molecular formula is C31H37N3O2. The molecule has 1 aliphatic heterocycles. The fourth-order valence-corrected chi connectivity index (χ4v) is 6.02. The van der Waals surface area contributed by atoms with E-state index in [9.17, 15) is 9.59 Å². The second-order valence-corrected chi connectivity index (χ2v) is 10.6. The first-order chi connectivity index (χ1) is 17.5. The number of amides is 2. The maximum Gasteiger partial charge on any atom is 0.271 e. The molecule has 2 heterocycles. The zero-order chi connectivity index (χ0) is 25.1. The lowest BCUT2D eigenvalue weighted by molar-refractivity contribution is -0.135. The van der Waals surface area contributed by atoms with Crippen molar-refractivity contribution in [1.29, 1.82) is 0 Å². The number of rotatable bonds is 5. The standard InChI is InChI=1S/C31H37N3O2/c1-23(24-14-8-6-9-15-24)34-29(35)28-21-20-27(25-16-10-7-11-17-25)33(28)22-31(34,2)30(36)32-26-18-12-4-3-5-13-19-26/h6-11,14-17,20-21,23,26H,3-5,12-13,18-19,22H2,1-2H3,(H,32,36)/t23-,31-/m0/s1. The molecule has 0 saturated heterocycles. The van der Waals surface area contributed by atoms with Crippen molar-refractivity contribution in [3.8, 4) is 11.3 Å². The van der Waals surface area contributed by atoms with Gasteiger partial charge in [0.2, 0.25) is 5.91 Å². The summed E-state index contributed by atoms with van der Waals surface area (Å²) < 4.78 is 2.05. The SMILES string of the molecule is C[C@@H](c1ccccc1)N1C(=O)c2ccc(-c3ccccc3)n2C[C@@]1(C)C(=O)NC1CCCCCCC1. The summed E-state index contributed by atoms with van der Waals surface area (Å²) in [5.41, 5.74) is 2.65. The van der Waals surface area contributed by atoms with E-state index >= 15 is 0 Å². The number of hydrogen-bond acceptors (Lipinski definition) is 2. The van der Waals surface area contributed by atoms with Gasteiger partial charge in [-0.05, 0) is 49.9 Å². The minimum atomic E-state index is -1.02. The molecule has 1 saturated carbocycles. The number of benzene rings is 2. The molecular weight excluding hydrogens is 446 g/mol. The largest absolute Gasteiger partial charge is 0.351 e. The zero-order valence-corrected chi connectivity index (χ0v) is 21.5. The highest BCUT2D eigenvalue weighted by Crippen LogP contribution is 2.38. The van der Waals surface area contributed by atoms with E-state index in [2.05, 4.69) is 17.4 Å². The summed E-state index contributed by atoms with van der Waals surface area (Å²) in [4.78, 5) is 30.1. The summed E-state index contributed by atoms with van der Waals surface area (Å²) in [6, 6.07) is 24.0. The highest BCUT2D eigenvalue weighted by Gasteiger charge is 2.50. The lowest BCUT2D eigenvalue weighted by atomic mass is 9.89. The monoisotopic (exact) mass is 483 g/mol. The molecule has 188 valence electrons. The summed E-state index contributed by atoms with van der Waals surface area (Å²) in [5.74, 6) is -0.155. The molecule has 3 aromatic rings. The smallest absolute Gasteiger partial charge is 0.271 e. The van der Waals surface area contributed by atoms with Crippen LogP contribution in [0.2, 0.25) is 0 Å². The number of aromatic nitrogens is 1. The van der Waals surface area contributed by atoms with E-state index < -0.39 is 5.54 Å². The van der Waals surface area contributed by atoms with Crippen LogP contribution in [-0.2, 0) is 11.3 Å². The Morgan fingerprint density at radius 3 is 2.11 bits per heavy atom. The lowest BCUT2D eigenvalue weighted by Gasteiger charge is -2.48. The predicted molar refractivity (Wildman–Crippen MR) is 144 cm³/mol. The summed E-state index contributed by atoms with van der Waals surface area (Å²) >= 11 is 0. The molecule has 1 aromatic heterocycles. The molecule has 5 nitrogen and oxygen atoms in total. The van der Waals surface area contributed by atoms with Crippen LogP contribution in [0.4, 0.5) is 0 Å². The molecule has 2 atom stereocenters. The van der Waals surface area contributed by atoms with Crippen molar-refractivity contribution in [2.75, 3.05) is 0 Å². The average Bonchev–Trinajstić information content (AvgIpc) is 3.30. The average molecular weight is 484 g/mol. The van der Waals surface area contributed by atoms with Crippen LogP contribution in [0.5, 0.6) is 0 Å². The van der Waals surface area contributed by atoms with E-state index in [1.165, 1.54) is 19.3 Å². The molecule has 5 heteroatoms. The van der Waals surface area contributed by atoms with E-state index in [-0.39, 0.29) is 23.9 Å². The van der Waals surface area contributed by atoms with Crippen LogP contribution in [0, 0.1) is 0 Å². The van der Waals surface area contributed by atoms with Gasteiger partial charge >= 0.3 is 0 Å². The molecule has 36 heavy (non-hydrogen) atoms. The van der Waals surface area contributed by atoms with Crippen LogP contribution >= 0.6 is 0 Å². The van der Waals surface area contributed by atoms with Gasteiger partial charge in [-0.1, -0.05) is 92.8 Å². The van der Waals surface area contributed by atoms with Crippen molar-refractivity contribution >= 4 is 11.8 Å². The molecule has 1 fully saturated rings. The van der Waals surface area contributed by atoms with E-state index in [1.807, 2.05) is 84.0 Å². The molecule has 1 N–H and O–H groups in total. The highest BCUT2D eigenvalue weighted by molar-refractivity contribution is 6.01. The van der Waals surface area contributed by atoms with Gasteiger partial charge in [-0.15, -0.1) is 0 Å². The Kier molecular flexibility index (Phi) is 6.99. The molecule has 2 aliphatic rings. The van der Waals surface area contributed by atoms with Crippen molar-refractivity contribution in [2.24, 2.45) is 0 Å². The molecule has 2 amide bonds. The molecule has 5 rings (SSSR count). The van der Waals surface area contributed by atoms with E-state index in [0.29, 0.717) is 12.2 Å². The van der Waals surface area contributed by atoms with Gasteiger partial charge in [0, 0.05) is 11.7 Å². The third kappa shape index (κ3) is 4.59. The van der Waals surface area contributed by atoms with Crippen molar-refractivity contribution < 1.29 is 9.59 Å². The molecule has 0 unspecified atom stereocenters. The van der Waals surface area contributed by atoms with Gasteiger partial charge in [0.1, 0.15) is 11.2 Å². The second-order valence-electron chi connectivity index (χ2n) is 10.6. The first kappa shape index (κ1) is 24.4.